The maximum atomic E-state index is 11.7. The molecule has 2 rings (SSSR count). The van der Waals surface area contributed by atoms with E-state index in [-0.39, 0.29) is 5.97 Å². The van der Waals surface area contributed by atoms with Crippen LogP contribution >= 0.6 is 0 Å². The summed E-state index contributed by atoms with van der Waals surface area (Å²) in [7, 11) is 0. The van der Waals surface area contributed by atoms with Gasteiger partial charge in [0.1, 0.15) is 0 Å². The number of rotatable bonds is 4. The SMILES string of the molecule is CC.CCOC(=O)/C(C)=C/C=C/[C@@H]1[C@H]2[C@H](C)C[C@H](C)C[C@H]2C=C[C@H]1C. The molecule has 0 bridgehead atoms. The third kappa shape index (κ3) is 5.87. The monoisotopic (exact) mass is 346 g/mol. The molecule has 6 atom stereocenters. The molecule has 0 saturated heterocycles. The summed E-state index contributed by atoms with van der Waals surface area (Å²) in [6.07, 6.45) is 13.8. The first-order chi connectivity index (χ1) is 11.9. The highest BCUT2D eigenvalue weighted by molar-refractivity contribution is 5.88. The summed E-state index contributed by atoms with van der Waals surface area (Å²) >= 11 is 0. The van der Waals surface area contributed by atoms with Crippen molar-refractivity contribution >= 4 is 5.97 Å². The predicted octanol–water partition coefficient (Wildman–Crippen LogP) is 6.20. The number of fused-ring (bicyclic) bond motifs is 1. The van der Waals surface area contributed by atoms with Crippen molar-refractivity contribution < 1.29 is 9.53 Å². The molecule has 0 radical (unpaired) electrons. The van der Waals surface area contributed by atoms with Crippen molar-refractivity contribution in [1.29, 1.82) is 0 Å². The molecule has 0 amide bonds. The molecule has 1 saturated carbocycles. The largest absolute Gasteiger partial charge is 0.463 e. The van der Waals surface area contributed by atoms with E-state index in [0.717, 1.165) is 23.7 Å². The molecule has 25 heavy (non-hydrogen) atoms. The van der Waals surface area contributed by atoms with Crippen molar-refractivity contribution in [1.82, 2.24) is 0 Å². The second-order valence-electron chi connectivity index (χ2n) is 7.57. The molecule has 2 heteroatoms. The molecule has 2 nitrogen and oxygen atoms in total. The smallest absolute Gasteiger partial charge is 0.333 e. The molecule has 2 aliphatic rings. The Morgan fingerprint density at radius 1 is 1.16 bits per heavy atom. The normalized spacial score (nSPS) is 34.9. The van der Waals surface area contributed by atoms with Crippen molar-refractivity contribution in [2.45, 2.75) is 61.3 Å². The number of carbonyl (C=O) groups is 1. The van der Waals surface area contributed by atoms with Crippen LogP contribution in [0.25, 0.3) is 0 Å². The highest BCUT2D eigenvalue weighted by Crippen LogP contribution is 2.48. The van der Waals surface area contributed by atoms with Gasteiger partial charge in [-0.25, -0.2) is 4.79 Å². The molecular weight excluding hydrogens is 308 g/mol. The Hall–Kier alpha value is -1.31. The van der Waals surface area contributed by atoms with Crippen LogP contribution in [-0.2, 0) is 9.53 Å². The Balaban J connectivity index is 0.00000151. The van der Waals surface area contributed by atoms with Crippen LogP contribution in [0.3, 0.4) is 0 Å². The van der Waals surface area contributed by atoms with E-state index >= 15 is 0 Å². The number of hydrogen-bond acceptors (Lipinski definition) is 2. The van der Waals surface area contributed by atoms with Gasteiger partial charge in [0, 0.05) is 5.57 Å². The summed E-state index contributed by atoms with van der Waals surface area (Å²) in [5, 5.41) is 0. The number of carbonyl (C=O) groups excluding carboxylic acids is 1. The molecule has 0 aromatic carbocycles. The van der Waals surface area contributed by atoms with Gasteiger partial charge < -0.3 is 4.74 Å². The Kier molecular flexibility index (Phi) is 9.24. The molecule has 0 unspecified atom stereocenters. The van der Waals surface area contributed by atoms with E-state index < -0.39 is 0 Å². The highest BCUT2D eigenvalue weighted by Gasteiger charge is 2.40. The molecule has 1 fully saturated rings. The second kappa shape index (κ2) is 10.6. The average Bonchev–Trinajstić information content (AvgIpc) is 2.58. The first kappa shape index (κ1) is 21.7. The number of allylic oxidation sites excluding steroid dienone is 5. The second-order valence-corrected chi connectivity index (χ2v) is 7.57. The van der Waals surface area contributed by atoms with Gasteiger partial charge in [0.25, 0.3) is 0 Å². The Bertz CT molecular complexity index is 500. The number of hydrogen-bond donors (Lipinski definition) is 0. The maximum Gasteiger partial charge on any atom is 0.333 e. The lowest BCUT2D eigenvalue weighted by atomic mass is 9.59. The van der Waals surface area contributed by atoms with Crippen LogP contribution in [0.15, 0.2) is 36.0 Å². The van der Waals surface area contributed by atoms with Gasteiger partial charge in [-0.15, -0.1) is 0 Å². The Labute approximate surface area is 155 Å². The van der Waals surface area contributed by atoms with Crippen LogP contribution in [0.1, 0.15) is 61.3 Å². The zero-order valence-electron chi connectivity index (χ0n) is 17.3. The molecule has 0 heterocycles. The first-order valence-corrected chi connectivity index (χ1v) is 10.1. The number of ether oxygens (including phenoxy) is 1. The summed E-state index contributed by atoms with van der Waals surface area (Å²) in [6.45, 7) is 15.2. The third-order valence-electron chi connectivity index (χ3n) is 5.59. The fourth-order valence-electron chi connectivity index (χ4n) is 4.54. The van der Waals surface area contributed by atoms with Crippen LogP contribution in [-0.4, -0.2) is 12.6 Å². The highest BCUT2D eigenvalue weighted by atomic mass is 16.5. The minimum Gasteiger partial charge on any atom is -0.463 e. The standard InChI is InChI=1S/C21H32O2.C2H6/c1-6-23-21(22)16(4)8-7-9-19-15(3)10-11-18-13-14(2)12-17(5)20(18)19;1-2/h7-11,14-15,17-20H,6,12-13H2,1-5H3;1-2H3/b9-7+,16-8+;/t14-,15+,17+,18+,19-,20-;/m0./s1. The molecule has 142 valence electrons. The Morgan fingerprint density at radius 3 is 2.48 bits per heavy atom. The van der Waals surface area contributed by atoms with Crippen molar-refractivity contribution in [3.05, 3.63) is 36.0 Å². The fourth-order valence-corrected chi connectivity index (χ4v) is 4.54. The van der Waals surface area contributed by atoms with E-state index in [0.29, 0.717) is 24.0 Å². The summed E-state index contributed by atoms with van der Waals surface area (Å²) < 4.78 is 5.03. The fraction of sp³-hybridized carbons (Fsp3) is 0.696. The lowest BCUT2D eigenvalue weighted by molar-refractivity contribution is -0.138. The summed E-state index contributed by atoms with van der Waals surface area (Å²) in [4.78, 5) is 11.7. The van der Waals surface area contributed by atoms with E-state index in [1.807, 2.05) is 33.8 Å². The maximum absolute atomic E-state index is 11.7. The van der Waals surface area contributed by atoms with Crippen LogP contribution < -0.4 is 0 Å². The minimum atomic E-state index is -0.216. The lowest BCUT2D eigenvalue weighted by Crippen LogP contribution is -2.38. The zero-order chi connectivity index (χ0) is 19.0. The van der Waals surface area contributed by atoms with Gasteiger partial charge >= 0.3 is 5.97 Å². The van der Waals surface area contributed by atoms with Gasteiger partial charge in [-0.05, 0) is 62.2 Å². The van der Waals surface area contributed by atoms with E-state index in [2.05, 4.69) is 45.1 Å². The van der Waals surface area contributed by atoms with Crippen LogP contribution in [0, 0.1) is 35.5 Å². The Morgan fingerprint density at radius 2 is 1.84 bits per heavy atom. The van der Waals surface area contributed by atoms with Crippen LogP contribution in [0.2, 0.25) is 0 Å². The van der Waals surface area contributed by atoms with Gasteiger partial charge in [-0.3, -0.25) is 0 Å². The first-order valence-electron chi connectivity index (χ1n) is 10.1. The summed E-state index contributed by atoms with van der Waals surface area (Å²) in [6, 6.07) is 0. The van der Waals surface area contributed by atoms with Gasteiger partial charge in [0.15, 0.2) is 0 Å². The van der Waals surface area contributed by atoms with Gasteiger partial charge in [0.2, 0.25) is 0 Å². The zero-order valence-corrected chi connectivity index (χ0v) is 17.3. The van der Waals surface area contributed by atoms with Gasteiger partial charge in [-0.1, -0.05) is 65.0 Å². The van der Waals surface area contributed by atoms with Crippen molar-refractivity contribution in [3.63, 3.8) is 0 Å². The quantitative estimate of drug-likeness (QED) is 0.262. The van der Waals surface area contributed by atoms with Crippen LogP contribution in [0.4, 0.5) is 0 Å². The van der Waals surface area contributed by atoms with E-state index in [1.165, 1.54) is 12.8 Å². The summed E-state index contributed by atoms with van der Waals surface area (Å²) in [5.74, 6) is 3.97. The molecule has 0 N–H and O–H groups in total. The van der Waals surface area contributed by atoms with Crippen molar-refractivity contribution in [3.8, 4) is 0 Å². The number of esters is 1. The molecule has 0 aromatic heterocycles. The summed E-state index contributed by atoms with van der Waals surface area (Å²) in [5.41, 5.74) is 0.670. The topological polar surface area (TPSA) is 26.3 Å². The van der Waals surface area contributed by atoms with Gasteiger partial charge in [0.05, 0.1) is 6.61 Å². The predicted molar refractivity (Wildman–Crippen MR) is 107 cm³/mol. The molecule has 0 spiro atoms. The molecule has 2 aliphatic carbocycles. The lowest BCUT2D eigenvalue weighted by Gasteiger charge is -2.46. The third-order valence-corrected chi connectivity index (χ3v) is 5.59. The average molecular weight is 347 g/mol. The van der Waals surface area contributed by atoms with E-state index in [9.17, 15) is 4.79 Å². The molecular formula is C23H38O2. The van der Waals surface area contributed by atoms with Crippen LogP contribution in [0.5, 0.6) is 0 Å². The van der Waals surface area contributed by atoms with E-state index in [4.69, 9.17) is 4.74 Å². The van der Waals surface area contributed by atoms with E-state index in [1.54, 1.807) is 0 Å². The van der Waals surface area contributed by atoms with Crippen molar-refractivity contribution in [2.75, 3.05) is 6.61 Å². The molecule has 0 aromatic rings. The minimum absolute atomic E-state index is 0.216. The molecule has 0 aliphatic heterocycles. The van der Waals surface area contributed by atoms with Gasteiger partial charge in [-0.2, -0.15) is 0 Å². The van der Waals surface area contributed by atoms with Crippen molar-refractivity contribution in [2.24, 2.45) is 35.5 Å².